The summed E-state index contributed by atoms with van der Waals surface area (Å²) in [5.41, 5.74) is 0.392. The van der Waals surface area contributed by atoms with Crippen LogP contribution in [0.5, 0.6) is 0 Å². The molecule has 1 aliphatic carbocycles. The highest BCUT2D eigenvalue weighted by Gasteiger charge is 2.37. The largest absolute Gasteiger partial charge is 0.481 e. The zero-order valence-corrected chi connectivity index (χ0v) is 15.0. The first-order valence-corrected chi connectivity index (χ1v) is 10.2. The van der Waals surface area contributed by atoms with E-state index in [9.17, 15) is 23.1 Å². The number of sulfone groups is 1. The van der Waals surface area contributed by atoms with Gasteiger partial charge in [-0.3, -0.25) is 9.59 Å². The molecule has 1 aromatic carbocycles. The van der Waals surface area contributed by atoms with Crippen molar-refractivity contribution >= 4 is 21.7 Å². The van der Waals surface area contributed by atoms with Gasteiger partial charge in [-0.2, -0.15) is 0 Å². The molecule has 1 amide bonds. The SMILES string of the molecule is C[C@@H]1CN(C(=O)c2ccc(S(=O)(=O)C3CCCC3)cc2)C[C@H]1C(=O)O. The molecule has 25 heavy (non-hydrogen) atoms. The first-order chi connectivity index (χ1) is 11.8. The third-order valence-corrected chi connectivity index (χ3v) is 7.67. The number of aliphatic carboxylic acids is 1. The number of likely N-dealkylation sites (tertiary alicyclic amines) is 1. The Morgan fingerprint density at radius 3 is 2.20 bits per heavy atom. The van der Waals surface area contributed by atoms with E-state index in [0.29, 0.717) is 24.9 Å². The lowest BCUT2D eigenvalue weighted by Gasteiger charge is -2.16. The standard InChI is InChI=1S/C18H23NO5S/c1-12-10-19(11-16(12)18(21)22)17(20)13-6-8-15(9-7-13)25(23,24)14-4-2-3-5-14/h6-9,12,14,16H,2-5,10-11H2,1H3,(H,21,22)/t12-,16-/m1/s1. The molecule has 0 radical (unpaired) electrons. The fourth-order valence-electron chi connectivity index (χ4n) is 3.81. The molecule has 0 unspecified atom stereocenters. The van der Waals surface area contributed by atoms with Gasteiger partial charge in [0.15, 0.2) is 9.84 Å². The summed E-state index contributed by atoms with van der Waals surface area (Å²) in [5, 5.41) is 8.86. The maximum atomic E-state index is 12.6. The lowest BCUT2D eigenvalue weighted by atomic mass is 9.99. The normalized spacial score (nSPS) is 24.6. The second kappa shape index (κ2) is 6.78. The third-order valence-electron chi connectivity index (χ3n) is 5.39. The van der Waals surface area contributed by atoms with E-state index in [-0.39, 0.29) is 28.5 Å². The number of carbonyl (C=O) groups excluding carboxylic acids is 1. The van der Waals surface area contributed by atoms with Gasteiger partial charge >= 0.3 is 5.97 Å². The van der Waals surface area contributed by atoms with Crippen LogP contribution in [0.4, 0.5) is 0 Å². The van der Waals surface area contributed by atoms with Crippen LogP contribution < -0.4 is 0 Å². The maximum absolute atomic E-state index is 12.6. The number of hydrogen-bond donors (Lipinski definition) is 1. The molecule has 2 aliphatic rings. The van der Waals surface area contributed by atoms with Crippen molar-refractivity contribution in [1.29, 1.82) is 0 Å². The zero-order valence-electron chi connectivity index (χ0n) is 14.2. The van der Waals surface area contributed by atoms with Gasteiger partial charge in [0.2, 0.25) is 0 Å². The van der Waals surface area contributed by atoms with E-state index in [0.717, 1.165) is 12.8 Å². The molecule has 2 atom stereocenters. The summed E-state index contributed by atoms with van der Waals surface area (Å²) in [5.74, 6) is -1.78. The van der Waals surface area contributed by atoms with E-state index in [1.807, 2.05) is 6.92 Å². The molecular formula is C18H23NO5S. The van der Waals surface area contributed by atoms with Crippen molar-refractivity contribution in [2.75, 3.05) is 13.1 Å². The summed E-state index contributed by atoms with van der Waals surface area (Å²) in [6, 6.07) is 6.05. The average Bonchev–Trinajstić information content (AvgIpc) is 3.24. The number of carboxylic acids is 1. The Balaban J connectivity index is 1.74. The summed E-state index contributed by atoms with van der Waals surface area (Å²) in [6.45, 7) is 2.42. The first kappa shape index (κ1) is 17.9. The summed E-state index contributed by atoms with van der Waals surface area (Å²) in [7, 11) is -3.33. The number of carboxylic acid groups (broad SMARTS) is 1. The number of benzene rings is 1. The maximum Gasteiger partial charge on any atom is 0.308 e. The third kappa shape index (κ3) is 3.42. The summed E-state index contributed by atoms with van der Waals surface area (Å²) >= 11 is 0. The van der Waals surface area contributed by atoms with Crippen molar-refractivity contribution in [3.05, 3.63) is 29.8 Å². The van der Waals surface area contributed by atoms with E-state index in [1.165, 1.54) is 29.2 Å². The molecule has 1 aromatic rings. The topological polar surface area (TPSA) is 91.8 Å². The van der Waals surface area contributed by atoms with E-state index >= 15 is 0 Å². The Bertz CT molecular complexity index is 765. The van der Waals surface area contributed by atoms with Gasteiger partial charge < -0.3 is 10.0 Å². The van der Waals surface area contributed by atoms with Gasteiger partial charge in [-0.15, -0.1) is 0 Å². The molecule has 1 aliphatic heterocycles. The fraction of sp³-hybridized carbons (Fsp3) is 0.556. The molecule has 7 heteroatoms. The van der Waals surface area contributed by atoms with Gasteiger partial charge in [0.1, 0.15) is 0 Å². The monoisotopic (exact) mass is 365 g/mol. The van der Waals surface area contributed by atoms with E-state index < -0.39 is 21.7 Å². The van der Waals surface area contributed by atoms with E-state index in [1.54, 1.807) is 0 Å². The summed E-state index contributed by atoms with van der Waals surface area (Å²) in [6.07, 6.45) is 3.28. The molecule has 0 spiro atoms. The minimum Gasteiger partial charge on any atom is -0.481 e. The van der Waals surface area contributed by atoms with Crippen molar-refractivity contribution in [3.63, 3.8) is 0 Å². The predicted octanol–water partition coefficient (Wildman–Crippen LogP) is 2.20. The molecule has 1 heterocycles. The summed E-state index contributed by atoms with van der Waals surface area (Å²) in [4.78, 5) is 25.5. The van der Waals surface area contributed by atoms with Crippen molar-refractivity contribution in [2.45, 2.75) is 42.8 Å². The zero-order chi connectivity index (χ0) is 18.2. The van der Waals surface area contributed by atoms with Crippen molar-refractivity contribution < 1.29 is 23.1 Å². The molecule has 1 N–H and O–H groups in total. The predicted molar refractivity (Wildman–Crippen MR) is 92.1 cm³/mol. The van der Waals surface area contributed by atoms with Crippen LogP contribution in [0.15, 0.2) is 29.2 Å². The Hall–Kier alpha value is -1.89. The number of hydrogen-bond acceptors (Lipinski definition) is 4. The van der Waals surface area contributed by atoms with Gasteiger partial charge in [-0.1, -0.05) is 19.8 Å². The molecule has 136 valence electrons. The fourth-order valence-corrected chi connectivity index (χ4v) is 5.67. The Labute approximate surface area is 147 Å². The highest BCUT2D eigenvalue weighted by molar-refractivity contribution is 7.92. The highest BCUT2D eigenvalue weighted by Crippen LogP contribution is 2.30. The van der Waals surface area contributed by atoms with Crippen LogP contribution >= 0.6 is 0 Å². The number of carbonyl (C=O) groups is 2. The number of rotatable bonds is 4. The smallest absolute Gasteiger partial charge is 0.308 e. The van der Waals surface area contributed by atoms with E-state index in [2.05, 4.69) is 0 Å². The number of nitrogens with zero attached hydrogens (tertiary/aromatic N) is 1. The van der Waals surface area contributed by atoms with Crippen LogP contribution in [0.3, 0.4) is 0 Å². The van der Waals surface area contributed by atoms with Crippen LogP contribution in [-0.4, -0.2) is 48.6 Å². The van der Waals surface area contributed by atoms with Gasteiger partial charge in [-0.05, 0) is 43.0 Å². The van der Waals surface area contributed by atoms with Crippen molar-refractivity contribution in [1.82, 2.24) is 4.90 Å². The molecule has 1 saturated heterocycles. The Morgan fingerprint density at radius 1 is 1.08 bits per heavy atom. The first-order valence-electron chi connectivity index (χ1n) is 8.66. The highest BCUT2D eigenvalue weighted by atomic mass is 32.2. The van der Waals surface area contributed by atoms with Gasteiger partial charge in [0.25, 0.3) is 5.91 Å². The van der Waals surface area contributed by atoms with Gasteiger partial charge in [0.05, 0.1) is 16.1 Å². The molecule has 0 bridgehead atoms. The van der Waals surface area contributed by atoms with Crippen molar-refractivity contribution in [2.24, 2.45) is 11.8 Å². The second-order valence-electron chi connectivity index (χ2n) is 7.11. The molecule has 3 rings (SSSR count). The lowest BCUT2D eigenvalue weighted by molar-refractivity contribution is -0.142. The summed E-state index contributed by atoms with van der Waals surface area (Å²) < 4.78 is 25.1. The second-order valence-corrected chi connectivity index (χ2v) is 9.34. The van der Waals surface area contributed by atoms with Crippen molar-refractivity contribution in [3.8, 4) is 0 Å². The van der Waals surface area contributed by atoms with Gasteiger partial charge in [-0.25, -0.2) is 8.42 Å². The lowest BCUT2D eigenvalue weighted by Crippen LogP contribution is -2.30. The Kier molecular flexibility index (Phi) is 4.86. The van der Waals surface area contributed by atoms with Crippen LogP contribution in [0.25, 0.3) is 0 Å². The number of amides is 1. The van der Waals surface area contributed by atoms with Crippen LogP contribution in [0, 0.1) is 11.8 Å². The molecule has 1 saturated carbocycles. The molecule has 2 fully saturated rings. The van der Waals surface area contributed by atoms with Crippen LogP contribution in [0.2, 0.25) is 0 Å². The van der Waals surface area contributed by atoms with Crippen LogP contribution in [-0.2, 0) is 14.6 Å². The van der Waals surface area contributed by atoms with Gasteiger partial charge in [0, 0.05) is 18.7 Å². The van der Waals surface area contributed by atoms with Crippen LogP contribution in [0.1, 0.15) is 43.0 Å². The van der Waals surface area contributed by atoms with E-state index in [4.69, 9.17) is 0 Å². The average molecular weight is 365 g/mol. The Morgan fingerprint density at radius 2 is 1.68 bits per heavy atom. The molecular weight excluding hydrogens is 342 g/mol. The molecule has 0 aromatic heterocycles. The minimum atomic E-state index is -3.33. The minimum absolute atomic E-state index is 0.0940. The molecule has 6 nitrogen and oxygen atoms in total. The quantitative estimate of drug-likeness (QED) is 0.883.